The molecule has 1 aromatic carbocycles. The third-order valence-electron chi connectivity index (χ3n) is 8.63. The fourth-order valence-corrected chi connectivity index (χ4v) is 6.70. The summed E-state index contributed by atoms with van der Waals surface area (Å²) in [6, 6.07) is 3.55. The molecule has 168 valence electrons. The summed E-state index contributed by atoms with van der Waals surface area (Å²) in [5.41, 5.74) is 1.01. The number of rotatable bonds is 5. The van der Waals surface area contributed by atoms with Crippen LogP contribution in [-0.4, -0.2) is 12.7 Å². The first-order chi connectivity index (χ1) is 14.6. The average molecular weight is 419 g/mol. The monoisotopic (exact) mass is 418 g/mol. The summed E-state index contributed by atoms with van der Waals surface area (Å²) in [6.45, 7) is 4.90. The van der Waals surface area contributed by atoms with E-state index in [2.05, 4.69) is 6.92 Å². The molecule has 0 N–H and O–H groups in total. The van der Waals surface area contributed by atoms with E-state index in [-0.39, 0.29) is 5.92 Å². The molecule has 0 bridgehead atoms. The van der Waals surface area contributed by atoms with E-state index in [4.69, 9.17) is 4.74 Å². The van der Waals surface area contributed by atoms with Gasteiger partial charge in [-0.2, -0.15) is 0 Å². The second kappa shape index (κ2) is 10.1. The molecular weight excluding hydrogens is 378 g/mol. The number of aryl methyl sites for hydroxylation is 1. The van der Waals surface area contributed by atoms with Crippen LogP contribution in [0.1, 0.15) is 101 Å². The highest BCUT2D eigenvalue weighted by atomic mass is 19.2. The van der Waals surface area contributed by atoms with Gasteiger partial charge in [0.1, 0.15) is 0 Å². The molecule has 2 unspecified atom stereocenters. The molecular formula is C27H40F2O. The quantitative estimate of drug-likeness (QED) is 0.471. The minimum absolute atomic E-state index is 0.194. The minimum Gasteiger partial charge on any atom is -0.378 e. The van der Waals surface area contributed by atoms with E-state index in [1.165, 1.54) is 64.2 Å². The summed E-state index contributed by atoms with van der Waals surface area (Å²) in [5.74, 6) is 2.11. The molecule has 3 heteroatoms. The Hall–Kier alpha value is -0.960. The lowest BCUT2D eigenvalue weighted by molar-refractivity contribution is -0.0617. The van der Waals surface area contributed by atoms with Crippen LogP contribution in [0, 0.1) is 42.2 Å². The van der Waals surface area contributed by atoms with E-state index in [0.29, 0.717) is 17.2 Å². The molecule has 1 saturated heterocycles. The van der Waals surface area contributed by atoms with E-state index in [0.717, 1.165) is 43.1 Å². The van der Waals surface area contributed by atoms with Crippen molar-refractivity contribution in [1.29, 1.82) is 0 Å². The fraction of sp³-hybridized carbons (Fsp3) is 0.778. The van der Waals surface area contributed by atoms with E-state index in [1.807, 2.05) is 6.07 Å². The van der Waals surface area contributed by atoms with Crippen molar-refractivity contribution in [2.45, 2.75) is 103 Å². The molecule has 2 saturated carbocycles. The molecule has 2 aliphatic carbocycles. The maximum absolute atomic E-state index is 14.4. The number of halogens is 2. The molecule has 1 aromatic rings. The van der Waals surface area contributed by atoms with E-state index in [1.54, 1.807) is 13.0 Å². The van der Waals surface area contributed by atoms with Crippen molar-refractivity contribution in [3.05, 3.63) is 34.9 Å². The van der Waals surface area contributed by atoms with Gasteiger partial charge in [-0.25, -0.2) is 8.78 Å². The van der Waals surface area contributed by atoms with Gasteiger partial charge in [0, 0.05) is 6.61 Å². The van der Waals surface area contributed by atoms with E-state index >= 15 is 0 Å². The average Bonchev–Trinajstić information content (AvgIpc) is 2.79. The van der Waals surface area contributed by atoms with Crippen molar-refractivity contribution in [3.8, 4) is 0 Å². The molecule has 3 fully saturated rings. The molecule has 1 aliphatic heterocycles. The largest absolute Gasteiger partial charge is 0.378 e. The summed E-state index contributed by atoms with van der Waals surface area (Å²) in [5, 5.41) is 0. The molecule has 4 rings (SSSR count). The molecule has 0 spiro atoms. The van der Waals surface area contributed by atoms with E-state index < -0.39 is 11.6 Å². The van der Waals surface area contributed by atoms with Crippen LogP contribution in [0.2, 0.25) is 0 Å². The highest BCUT2D eigenvalue weighted by Crippen LogP contribution is 2.46. The molecule has 0 amide bonds. The SMILES string of the molecule is CCCC1CCC(C2CCC(C3CCC(c4ccc(C)c(F)c4F)CC3)CC2)OC1. The molecule has 1 nitrogen and oxygen atoms in total. The third-order valence-corrected chi connectivity index (χ3v) is 8.63. The lowest BCUT2D eigenvalue weighted by Gasteiger charge is -2.41. The van der Waals surface area contributed by atoms with Gasteiger partial charge in [-0.15, -0.1) is 0 Å². The smallest absolute Gasteiger partial charge is 0.162 e. The zero-order valence-electron chi connectivity index (χ0n) is 19.0. The maximum Gasteiger partial charge on any atom is 0.162 e. The molecule has 0 aromatic heterocycles. The number of hydrogen-bond acceptors (Lipinski definition) is 1. The Labute approximate surface area is 182 Å². The minimum atomic E-state index is -0.654. The third kappa shape index (κ3) is 4.92. The summed E-state index contributed by atoms with van der Waals surface area (Å²) in [4.78, 5) is 0. The first-order valence-corrected chi connectivity index (χ1v) is 12.6. The Kier molecular flexibility index (Phi) is 7.49. The molecule has 2 atom stereocenters. The van der Waals surface area contributed by atoms with Gasteiger partial charge in [0.05, 0.1) is 6.10 Å². The highest BCUT2D eigenvalue weighted by Gasteiger charge is 2.35. The van der Waals surface area contributed by atoms with Crippen molar-refractivity contribution in [2.24, 2.45) is 23.7 Å². The van der Waals surface area contributed by atoms with Crippen LogP contribution in [0.5, 0.6) is 0 Å². The van der Waals surface area contributed by atoms with Gasteiger partial charge in [0.15, 0.2) is 11.6 Å². The zero-order chi connectivity index (χ0) is 21.1. The van der Waals surface area contributed by atoms with Gasteiger partial charge >= 0.3 is 0 Å². The predicted molar refractivity (Wildman–Crippen MR) is 119 cm³/mol. The lowest BCUT2D eigenvalue weighted by atomic mass is 9.67. The van der Waals surface area contributed by atoms with Gasteiger partial charge in [0.2, 0.25) is 0 Å². The molecule has 1 heterocycles. The van der Waals surface area contributed by atoms with Crippen LogP contribution in [0.3, 0.4) is 0 Å². The standard InChI is InChI=1S/C27H40F2O/c1-3-4-19-6-16-25(30-17-19)23-13-9-21(10-14-23)20-7-11-22(12-8-20)24-15-5-18(2)26(28)27(24)29/h5,15,19-23,25H,3-4,6-14,16-17H2,1-2H3. The Bertz CT molecular complexity index is 678. The Morgan fingerprint density at radius 1 is 0.800 bits per heavy atom. The van der Waals surface area contributed by atoms with Gasteiger partial charge in [-0.05, 0) is 118 Å². The van der Waals surface area contributed by atoms with E-state index in [9.17, 15) is 8.78 Å². The molecule has 30 heavy (non-hydrogen) atoms. The first kappa shape index (κ1) is 22.2. The lowest BCUT2D eigenvalue weighted by Crippen LogP contribution is -2.35. The van der Waals surface area contributed by atoms with Crippen LogP contribution in [0.15, 0.2) is 12.1 Å². The van der Waals surface area contributed by atoms with Crippen LogP contribution < -0.4 is 0 Å². The summed E-state index contributed by atoms with van der Waals surface area (Å²) < 4.78 is 34.7. The Morgan fingerprint density at radius 2 is 1.43 bits per heavy atom. The zero-order valence-corrected chi connectivity index (χ0v) is 19.0. The molecule has 0 radical (unpaired) electrons. The molecule has 3 aliphatic rings. The van der Waals surface area contributed by atoms with Crippen molar-refractivity contribution < 1.29 is 13.5 Å². The van der Waals surface area contributed by atoms with Crippen molar-refractivity contribution in [1.82, 2.24) is 0 Å². The topological polar surface area (TPSA) is 9.23 Å². The van der Waals surface area contributed by atoms with Crippen molar-refractivity contribution in [3.63, 3.8) is 0 Å². The second-order valence-electron chi connectivity index (χ2n) is 10.5. The Balaban J connectivity index is 1.23. The first-order valence-electron chi connectivity index (χ1n) is 12.6. The second-order valence-corrected chi connectivity index (χ2v) is 10.5. The van der Waals surface area contributed by atoms with Gasteiger partial charge in [-0.1, -0.05) is 25.5 Å². The van der Waals surface area contributed by atoms with Crippen LogP contribution >= 0.6 is 0 Å². The fourth-order valence-electron chi connectivity index (χ4n) is 6.70. The number of hydrogen-bond donors (Lipinski definition) is 0. The number of benzene rings is 1. The number of ether oxygens (including phenoxy) is 1. The summed E-state index contributed by atoms with van der Waals surface area (Å²) in [6.07, 6.45) is 15.4. The van der Waals surface area contributed by atoms with Crippen molar-refractivity contribution in [2.75, 3.05) is 6.61 Å². The normalized spacial score (nSPS) is 35.3. The van der Waals surface area contributed by atoms with Crippen molar-refractivity contribution >= 4 is 0 Å². The van der Waals surface area contributed by atoms with Gasteiger partial charge < -0.3 is 4.74 Å². The summed E-state index contributed by atoms with van der Waals surface area (Å²) in [7, 11) is 0. The highest BCUT2D eigenvalue weighted by molar-refractivity contribution is 5.28. The van der Waals surface area contributed by atoms with Crippen LogP contribution in [0.25, 0.3) is 0 Å². The van der Waals surface area contributed by atoms with Crippen LogP contribution in [0.4, 0.5) is 8.78 Å². The van der Waals surface area contributed by atoms with Crippen LogP contribution in [-0.2, 0) is 4.74 Å². The predicted octanol–water partition coefficient (Wildman–Crippen LogP) is 7.95. The maximum atomic E-state index is 14.4. The summed E-state index contributed by atoms with van der Waals surface area (Å²) >= 11 is 0. The van der Waals surface area contributed by atoms with Gasteiger partial charge in [0.25, 0.3) is 0 Å². The Morgan fingerprint density at radius 3 is 2.03 bits per heavy atom. The van der Waals surface area contributed by atoms with Gasteiger partial charge in [-0.3, -0.25) is 0 Å².